The van der Waals surface area contributed by atoms with E-state index in [4.69, 9.17) is 0 Å². The van der Waals surface area contributed by atoms with E-state index in [9.17, 15) is 8.42 Å². The minimum absolute atomic E-state index is 0.221. The molecule has 1 heterocycles. The zero-order valence-corrected chi connectivity index (χ0v) is 9.22. The van der Waals surface area contributed by atoms with Crippen LogP contribution >= 0.6 is 22.6 Å². The topological polar surface area (TPSA) is 34.1 Å². The highest BCUT2D eigenvalue weighted by Crippen LogP contribution is 2.26. The third kappa shape index (κ3) is 1.50. The van der Waals surface area contributed by atoms with E-state index in [0.29, 0.717) is 0 Å². The molecule has 0 aromatic heterocycles. The smallest absolute Gasteiger partial charge is 0.158 e. The lowest BCUT2D eigenvalue weighted by atomic mass is 10.1. The van der Waals surface area contributed by atoms with Crippen LogP contribution in [0.4, 0.5) is 0 Å². The van der Waals surface area contributed by atoms with Crippen molar-refractivity contribution in [3.63, 3.8) is 0 Å². The van der Waals surface area contributed by atoms with E-state index in [1.54, 1.807) is 0 Å². The third-order valence-electron chi connectivity index (χ3n) is 1.92. The predicted molar refractivity (Wildman–Crippen MR) is 55.5 cm³/mol. The predicted octanol–water partition coefficient (Wildman–Crippen LogP) is 1.72. The Balaban J connectivity index is 2.56. The summed E-state index contributed by atoms with van der Waals surface area (Å²) in [6, 6.07) is 5.79. The van der Waals surface area contributed by atoms with Crippen molar-refractivity contribution >= 4 is 32.4 Å². The van der Waals surface area contributed by atoms with E-state index >= 15 is 0 Å². The molecule has 0 fully saturated rings. The van der Waals surface area contributed by atoms with Crippen molar-refractivity contribution in [2.45, 2.75) is 11.5 Å². The van der Waals surface area contributed by atoms with Gasteiger partial charge in [-0.1, -0.05) is 6.07 Å². The molecule has 0 saturated heterocycles. The van der Waals surface area contributed by atoms with E-state index in [2.05, 4.69) is 22.6 Å². The second kappa shape index (κ2) is 2.70. The Morgan fingerprint density at radius 3 is 2.58 bits per heavy atom. The van der Waals surface area contributed by atoms with Crippen molar-refractivity contribution in [1.82, 2.24) is 0 Å². The SMILES string of the molecule is O=S1(=O)Cc2ccc(I)cc2C1. The van der Waals surface area contributed by atoms with Gasteiger partial charge in [-0.25, -0.2) is 8.42 Å². The maximum atomic E-state index is 11.2. The molecule has 0 saturated carbocycles. The minimum Gasteiger partial charge on any atom is -0.228 e. The molecular formula is C8H7IO2S. The Morgan fingerprint density at radius 1 is 1.17 bits per heavy atom. The summed E-state index contributed by atoms with van der Waals surface area (Å²) in [6.07, 6.45) is 0. The zero-order chi connectivity index (χ0) is 8.77. The highest BCUT2D eigenvalue weighted by atomic mass is 127. The van der Waals surface area contributed by atoms with E-state index in [1.807, 2.05) is 18.2 Å². The molecule has 1 aliphatic heterocycles. The average Bonchev–Trinajstić information content (AvgIpc) is 2.21. The Labute approximate surface area is 85.0 Å². The summed E-state index contributed by atoms with van der Waals surface area (Å²) < 4.78 is 23.5. The first kappa shape index (κ1) is 8.50. The van der Waals surface area contributed by atoms with Crippen LogP contribution in [0.25, 0.3) is 0 Å². The highest BCUT2D eigenvalue weighted by Gasteiger charge is 2.23. The van der Waals surface area contributed by atoms with Crippen molar-refractivity contribution in [1.29, 1.82) is 0 Å². The summed E-state index contributed by atoms with van der Waals surface area (Å²) in [5.74, 6) is 0.443. The standard InChI is InChI=1S/C8H7IO2S/c9-8-2-1-6-4-12(10,11)5-7(6)3-8/h1-3H,4-5H2. The van der Waals surface area contributed by atoms with Crippen molar-refractivity contribution < 1.29 is 8.42 Å². The first-order valence-electron chi connectivity index (χ1n) is 3.54. The van der Waals surface area contributed by atoms with Gasteiger partial charge in [-0.15, -0.1) is 0 Å². The maximum Gasteiger partial charge on any atom is 0.158 e. The molecule has 1 aliphatic rings. The fourth-order valence-corrected chi connectivity index (χ4v) is 3.55. The molecule has 0 atom stereocenters. The summed E-state index contributed by atoms with van der Waals surface area (Å²) >= 11 is 2.19. The van der Waals surface area contributed by atoms with Crippen LogP contribution in [-0.2, 0) is 21.3 Å². The molecule has 2 rings (SSSR count). The van der Waals surface area contributed by atoms with Gasteiger partial charge < -0.3 is 0 Å². The molecule has 0 bridgehead atoms. The Bertz CT molecular complexity index is 423. The third-order valence-corrected chi connectivity index (χ3v) is 4.09. The van der Waals surface area contributed by atoms with Gasteiger partial charge in [-0.05, 0) is 45.9 Å². The molecule has 64 valence electrons. The fraction of sp³-hybridized carbons (Fsp3) is 0.250. The van der Waals surface area contributed by atoms with Crippen LogP contribution in [0, 0.1) is 3.57 Å². The van der Waals surface area contributed by atoms with Gasteiger partial charge in [0.25, 0.3) is 0 Å². The number of hydrogen-bond acceptors (Lipinski definition) is 2. The van der Waals surface area contributed by atoms with Crippen molar-refractivity contribution in [3.8, 4) is 0 Å². The van der Waals surface area contributed by atoms with Crippen molar-refractivity contribution in [3.05, 3.63) is 32.9 Å². The molecule has 0 aliphatic carbocycles. The Morgan fingerprint density at radius 2 is 1.83 bits per heavy atom. The average molecular weight is 294 g/mol. The quantitative estimate of drug-likeness (QED) is 0.683. The minimum atomic E-state index is -2.83. The first-order chi connectivity index (χ1) is 5.57. The summed E-state index contributed by atoms with van der Waals surface area (Å²) in [6.45, 7) is 0. The summed E-state index contributed by atoms with van der Waals surface area (Å²) in [7, 11) is -2.83. The van der Waals surface area contributed by atoms with Crippen molar-refractivity contribution in [2.24, 2.45) is 0 Å². The van der Waals surface area contributed by atoms with E-state index in [0.717, 1.165) is 14.7 Å². The number of rotatable bonds is 0. The monoisotopic (exact) mass is 294 g/mol. The Hall–Kier alpha value is -0.100. The summed E-state index contributed by atoms with van der Waals surface area (Å²) in [5.41, 5.74) is 1.94. The first-order valence-corrected chi connectivity index (χ1v) is 6.44. The maximum absolute atomic E-state index is 11.2. The number of sulfone groups is 1. The summed E-state index contributed by atoms with van der Waals surface area (Å²) in [5, 5.41) is 0. The van der Waals surface area contributed by atoms with Crippen LogP contribution in [0.3, 0.4) is 0 Å². The molecule has 4 heteroatoms. The molecule has 1 aromatic carbocycles. The molecule has 2 nitrogen and oxygen atoms in total. The van der Waals surface area contributed by atoms with Crippen molar-refractivity contribution in [2.75, 3.05) is 0 Å². The lowest BCUT2D eigenvalue weighted by Crippen LogP contribution is -1.95. The van der Waals surface area contributed by atoms with Gasteiger partial charge in [0.1, 0.15) is 0 Å². The molecular weight excluding hydrogens is 287 g/mol. The molecule has 12 heavy (non-hydrogen) atoms. The second-order valence-corrected chi connectivity index (χ2v) is 6.26. The molecule has 0 radical (unpaired) electrons. The number of hydrogen-bond donors (Lipinski definition) is 0. The lowest BCUT2D eigenvalue weighted by Gasteiger charge is -1.95. The van der Waals surface area contributed by atoms with Crippen LogP contribution < -0.4 is 0 Å². The van der Waals surface area contributed by atoms with Crippen LogP contribution in [0.2, 0.25) is 0 Å². The van der Waals surface area contributed by atoms with Gasteiger partial charge in [-0.2, -0.15) is 0 Å². The molecule has 1 aromatic rings. The number of halogens is 1. The highest BCUT2D eigenvalue weighted by molar-refractivity contribution is 14.1. The number of fused-ring (bicyclic) bond motifs is 1. The number of benzene rings is 1. The molecule has 0 amide bonds. The van der Waals surface area contributed by atoms with Crippen LogP contribution in [0.1, 0.15) is 11.1 Å². The van der Waals surface area contributed by atoms with Gasteiger partial charge in [0.15, 0.2) is 9.84 Å². The van der Waals surface area contributed by atoms with Gasteiger partial charge in [0.05, 0.1) is 11.5 Å². The zero-order valence-electron chi connectivity index (χ0n) is 6.25. The van der Waals surface area contributed by atoms with Gasteiger partial charge in [0.2, 0.25) is 0 Å². The lowest BCUT2D eigenvalue weighted by molar-refractivity contribution is 0.598. The van der Waals surface area contributed by atoms with Crippen LogP contribution in [-0.4, -0.2) is 8.42 Å². The fourth-order valence-electron chi connectivity index (χ4n) is 1.39. The van der Waals surface area contributed by atoms with Gasteiger partial charge >= 0.3 is 0 Å². The van der Waals surface area contributed by atoms with E-state index < -0.39 is 9.84 Å². The summed E-state index contributed by atoms with van der Waals surface area (Å²) in [4.78, 5) is 0. The van der Waals surface area contributed by atoms with Gasteiger partial charge in [-0.3, -0.25) is 0 Å². The molecule has 0 N–H and O–H groups in total. The van der Waals surface area contributed by atoms with Crippen LogP contribution in [0.15, 0.2) is 18.2 Å². The van der Waals surface area contributed by atoms with Gasteiger partial charge in [0, 0.05) is 3.57 Å². The Kier molecular flexibility index (Phi) is 1.91. The molecule has 0 unspecified atom stereocenters. The van der Waals surface area contributed by atoms with E-state index in [1.165, 1.54) is 0 Å². The molecule has 0 spiro atoms. The van der Waals surface area contributed by atoms with E-state index in [-0.39, 0.29) is 11.5 Å². The largest absolute Gasteiger partial charge is 0.228 e. The van der Waals surface area contributed by atoms with Crippen LogP contribution in [0.5, 0.6) is 0 Å². The normalized spacial score (nSPS) is 19.1. The second-order valence-electron chi connectivity index (χ2n) is 2.95.